The molecule has 3 nitrogen and oxygen atoms in total. The monoisotopic (exact) mass is 249 g/mol. The van der Waals surface area contributed by atoms with E-state index in [-0.39, 0.29) is 0 Å². The Morgan fingerprint density at radius 3 is 2.32 bits per heavy atom. The van der Waals surface area contributed by atoms with Gasteiger partial charge in [0, 0.05) is 5.56 Å². The van der Waals surface area contributed by atoms with Gasteiger partial charge in [0.25, 0.3) is 0 Å². The zero-order chi connectivity index (χ0) is 13.2. The second-order valence-corrected chi connectivity index (χ2v) is 4.62. The van der Waals surface area contributed by atoms with Gasteiger partial charge in [0.1, 0.15) is 12.7 Å². The van der Waals surface area contributed by atoms with Gasteiger partial charge < -0.3 is 0 Å². The van der Waals surface area contributed by atoms with Crippen LogP contribution in [0.2, 0.25) is 0 Å². The highest BCUT2D eigenvalue weighted by molar-refractivity contribution is 5.77. The largest absolute Gasteiger partial charge is 0.223 e. The molecule has 3 rings (SSSR count). The van der Waals surface area contributed by atoms with E-state index < -0.39 is 0 Å². The molecular formula is C16H15N3. The van der Waals surface area contributed by atoms with Crippen molar-refractivity contribution in [3.8, 4) is 16.8 Å². The van der Waals surface area contributed by atoms with Crippen molar-refractivity contribution >= 4 is 0 Å². The van der Waals surface area contributed by atoms with Gasteiger partial charge in [-0.25, -0.2) is 9.67 Å². The summed E-state index contributed by atoms with van der Waals surface area (Å²) in [5, 5.41) is 4.24. The van der Waals surface area contributed by atoms with Gasteiger partial charge in [-0.1, -0.05) is 36.4 Å². The molecule has 94 valence electrons. The van der Waals surface area contributed by atoms with Crippen molar-refractivity contribution in [1.29, 1.82) is 0 Å². The molecule has 0 spiro atoms. The van der Waals surface area contributed by atoms with Crippen molar-refractivity contribution < 1.29 is 0 Å². The van der Waals surface area contributed by atoms with Gasteiger partial charge in [-0.3, -0.25) is 0 Å². The minimum Gasteiger partial charge on any atom is -0.223 e. The van der Waals surface area contributed by atoms with Crippen LogP contribution in [0.3, 0.4) is 0 Å². The fourth-order valence-corrected chi connectivity index (χ4v) is 2.46. The third kappa shape index (κ3) is 2.03. The van der Waals surface area contributed by atoms with Gasteiger partial charge in [0.2, 0.25) is 0 Å². The zero-order valence-electron chi connectivity index (χ0n) is 11.0. The maximum absolute atomic E-state index is 4.24. The Morgan fingerprint density at radius 1 is 0.895 bits per heavy atom. The third-order valence-corrected chi connectivity index (χ3v) is 3.32. The van der Waals surface area contributed by atoms with Crippen molar-refractivity contribution in [2.24, 2.45) is 0 Å². The van der Waals surface area contributed by atoms with Gasteiger partial charge in [-0.05, 0) is 36.6 Å². The number of hydrogen-bond acceptors (Lipinski definition) is 2. The summed E-state index contributed by atoms with van der Waals surface area (Å²) in [6.45, 7) is 4.28. The highest BCUT2D eigenvalue weighted by Crippen LogP contribution is 2.31. The summed E-state index contributed by atoms with van der Waals surface area (Å²) < 4.78 is 1.81. The Kier molecular flexibility index (Phi) is 2.88. The highest BCUT2D eigenvalue weighted by atomic mass is 15.3. The van der Waals surface area contributed by atoms with Gasteiger partial charge >= 0.3 is 0 Å². The van der Waals surface area contributed by atoms with E-state index in [9.17, 15) is 0 Å². The first-order valence-corrected chi connectivity index (χ1v) is 6.28. The van der Waals surface area contributed by atoms with Crippen molar-refractivity contribution in [2.75, 3.05) is 0 Å². The molecule has 0 radical (unpaired) electrons. The van der Waals surface area contributed by atoms with Crippen LogP contribution in [0, 0.1) is 13.8 Å². The molecule has 0 aliphatic heterocycles. The van der Waals surface area contributed by atoms with Crippen LogP contribution in [-0.2, 0) is 0 Å². The number of para-hydroxylation sites is 1. The lowest BCUT2D eigenvalue weighted by Crippen LogP contribution is -1.99. The number of nitrogens with zero attached hydrogens (tertiary/aromatic N) is 3. The lowest BCUT2D eigenvalue weighted by molar-refractivity contribution is 0.880. The lowest BCUT2D eigenvalue weighted by atomic mass is 9.94. The minimum absolute atomic E-state index is 1.05. The molecule has 0 N–H and O–H groups in total. The van der Waals surface area contributed by atoms with E-state index in [4.69, 9.17) is 0 Å². The number of benzene rings is 2. The Hall–Kier alpha value is -2.42. The van der Waals surface area contributed by atoms with Crippen molar-refractivity contribution in [3.05, 3.63) is 66.2 Å². The quantitative estimate of drug-likeness (QED) is 0.695. The molecule has 1 aromatic heterocycles. The molecule has 0 amide bonds. The van der Waals surface area contributed by atoms with Crippen LogP contribution >= 0.6 is 0 Å². The van der Waals surface area contributed by atoms with Crippen LogP contribution in [0.5, 0.6) is 0 Å². The molecule has 0 atom stereocenters. The Bertz CT molecular complexity index is 680. The first-order chi connectivity index (χ1) is 9.27. The molecule has 3 aromatic rings. The van der Waals surface area contributed by atoms with Crippen LogP contribution in [0.1, 0.15) is 11.1 Å². The molecule has 0 saturated heterocycles. The van der Waals surface area contributed by atoms with E-state index in [2.05, 4.69) is 60.3 Å². The van der Waals surface area contributed by atoms with Gasteiger partial charge in [0.15, 0.2) is 0 Å². The predicted molar refractivity (Wildman–Crippen MR) is 76.3 cm³/mol. The van der Waals surface area contributed by atoms with Crippen LogP contribution in [0.25, 0.3) is 16.8 Å². The standard InChI is InChI=1S/C16H15N3/c1-12-6-5-7-13(2)16(12)14-8-3-4-9-15(14)19-11-17-10-18-19/h3-11H,1-2H3. The second kappa shape index (κ2) is 4.69. The normalized spacial score (nSPS) is 10.6. The van der Waals surface area contributed by atoms with E-state index in [1.165, 1.54) is 22.3 Å². The molecular weight excluding hydrogens is 234 g/mol. The maximum Gasteiger partial charge on any atom is 0.138 e. The number of hydrogen-bond donors (Lipinski definition) is 0. The summed E-state index contributed by atoms with van der Waals surface area (Å²) in [5.74, 6) is 0. The minimum atomic E-state index is 1.05. The van der Waals surface area contributed by atoms with E-state index >= 15 is 0 Å². The summed E-state index contributed by atoms with van der Waals surface area (Å²) in [6, 6.07) is 14.6. The molecule has 2 aromatic carbocycles. The topological polar surface area (TPSA) is 30.7 Å². The number of rotatable bonds is 2. The van der Waals surface area contributed by atoms with E-state index in [0.29, 0.717) is 0 Å². The molecule has 3 heteroatoms. The van der Waals surface area contributed by atoms with Crippen LogP contribution in [0.4, 0.5) is 0 Å². The molecule has 0 fully saturated rings. The molecule has 0 saturated carbocycles. The van der Waals surface area contributed by atoms with Gasteiger partial charge in [-0.15, -0.1) is 0 Å². The second-order valence-electron chi connectivity index (χ2n) is 4.62. The Balaban J connectivity index is 2.27. The Labute approximate surface area is 112 Å². The van der Waals surface area contributed by atoms with Gasteiger partial charge in [0.05, 0.1) is 5.69 Å². The smallest absolute Gasteiger partial charge is 0.138 e. The zero-order valence-corrected chi connectivity index (χ0v) is 11.0. The van der Waals surface area contributed by atoms with Crippen LogP contribution in [0.15, 0.2) is 55.1 Å². The average Bonchev–Trinajstić information content (AvgIpc) is 2.93. The molecule has 0 bridgehead atoms. The number of aryl methyl sites for hydroxylation is 2. The first kappa shape index (κ1) is 11.7. The SMILES string of the molecule is Cc1cccc(C)c1-c1ccccc1-n1cncn1. The van der Waals surface area contributed by atoms with Crippen molar-refractivity contribution in [1.82, 2.24) is 14.8 Å². The van der Waals surface area contributed by atoms with Gasteiger partial charge in [-0.2, -0.15) is 5.10 Å². The van der Waals surface area contributed by atoms with Crippen LogP contribution in [-0.4, -0.2) is 14.8 Å². The molecule has 19 heavy (non-hydrogen) atoms. The summed E-state index contributed by atoms with van der Waals surface area (Å²) in [4.78, 5) is 4.03. The summed E-state index contributed by atoms with van der Waals surface area (Å²) in [7, 11) is 0. The molecule has 1 heterocycles. The lowest BCUT2D eigenvalue weighted by Gasteiger charge is -2.14. The van der Waals surface area contributed by atoms with Crippen LogP contribution < -0.4 is 0 Å². The summed E-state index contributed by atoms with van der Waals surface area (Å²) in [5.41, 5.74) is 6.05. The molecule has 0 aliphatic carbocycles. The van der Waals surface area contributed by atoms with Crippen molar-refractivity contribution in [2.45, 2.75) is 13.8 Å². The average molecular weight is 249 g/mol. The Morgan fingerprint density at radius 2 is 1.63 bits per heavy atom. The van der Waals surface area contributed by atoms with E-state index in [0.717, 1.165) is 5.69 Å². The predicted octanol–water partition coefficient (Wildman–Crippen LogP) is 3.55. The third-order valence-electron chi connectivity index (χ3n) is 3.32. The fraction of sp³-hybridized carbons (Fsp3) is 0.125. The fourth-order valence-electron chi connectivity index (χ4n) is 2.46. The van der Waals surface area contributed by atoms with E-state index in [1.807, 2.05) is 6.07 Å². The highest BCUT2D eigenvalue weighted by Gasteiger charge is 2.11. The molecule has 0 unspecified atom stereocenters. The molecule has 0 aliphatic rings. The maximum atomic E-state index is 4.24. The first-order valence-electron chi connectivity index (χ1n) is 6.28. The number of aromatic nitrogens is 3. The van der Waals surface area contributed by atoms with Crippen molar-refractivity contribution in [3.63, 3.8) is 0 Å². The summed E-state index contributed by atoms with van der Waals surface area (Å²) in [6.07, 6.45) is 3.29. The summed E-state index contributed by atoms with van der Waals surface area (Å²) >= 11 is 0. The van der Waals surface area contributed by atoms with E-state index in [1.54, 1.807) is 17.3 Å².